The van der Waals surface area contributed by atoms with Crippen molar-refractivity contribution in [1.29, 1.82) is 0 Å². The average Bonchev–Trinajstić information content (AvgIpc) is 3.57. The second-order valence-corrected chi connectivity index (χ2v) is 11.7. The third kappa shape index (κ3) is 4.87. The van der Waals surface area contributed by atoms with Crippen molar-refractivity contribution in [2.24, 2.45) is 0 Å². The molecule has 0 spiro atoms. The minimum Gasteiger partial charge on any atom is -0.467 e. The van der Waals surface area contributed by atoms with E-state index in [1.807, 2.05) is 19.9 Å². The van der Waals surface area contributed by atoms with Crippen molar-refractivity contribution in [2.45, 2.75) is 25.3 Å². The van der Waals surface area contributed by atoms with E-state index < -0.39 is 10.0 Å². The smallest absolute Gasteiger partial charge is 0.264 e. The summed E-state index contributed by atoms with van der Waals surface area (Å²) in [6.07, 6.45) is 1.56. The van der Waals surface area contributed by atoms with Crippen LogP contribution in [0.1, 0.15) is 27.2 Å². The van der Waals surface area contributed by atoms with Crippen molar-refractivity contribution in [1.82, 2.24) is 4.98 Å². The zero-order valence-corrected chi connectivity index (χ0v) is 22.2. The number of sulfonamides is 1. The minimum absolute atomic E-state index is 0.0964. The predicted octanol–water partition coefficient (Wildman–Crippen LogP) is 6.18. The maximum Gasteiger partial charge on any atom is 0.264 e. The molecule has 1 amide bonds. The highest BCUT2D eigenvalue weighted by Crippen LogP contribution is 2.33. The van der Waals surface area contributed by atoms with Crippen molar-refractivity contribution in [3.8, 4) is 0 Å². The molecule has 2 heterocycles. The van der Waals surface area contributed by atoms with E-state index in [0.29, 0.717) is 22.1 Å². The zero-order valence-electron chi connectivity index (χ0n) is 20.6. The van der Waals surface area contributed by atoms with Crippen molar-refractivity contribution in [3.63, 3.8) is 0 Å². The zero-order chi connectivity index (χ0) is 26.2. The number of nitrogens with zero attached hydrogens (tertiary/aromatic N) is 3. The molecule has 188 valence electrons. The SMILES string of the molecule is Cc1cc(C)c2nc(N(Cc3ccco3)C(=O)c3ccc(S(=O)(=O)N(C)c4ccccc4)cc3)sc2c1. The number of rotatable bonds is 7. The molecule has 0 saturated carbocycles. The second-order valence-electron chi connectivity index (χ2n) is 8.73. The quantitative estimate of drug-likeness (QED) is 0.250. The van der Waals surface area contributed by atoms with Crippen LogP contribution in [0.5, 0.6) is 0 Å². The summed E-state index contributed by atoms with van der Waals surface area (Å²) in [6.45, 7) is 4.23. The first-order valence-electron chi connectivity index (χ1n) is 11.6. The molecule has 0 bridgehead atoms. The number of aromatic nitrogens is 1. The van der Waals surface area contributed by atoms with E-state index in [1.54, 1.807) is 47.6 Å². The average molecular weight is 532 g/mol. The predicted molar refractivity (Wildman–Crippen MR) is 147 cm³/mol. The summed E-state index contributed by atoms with van der Waals surface area (Å²) in [4.78, 5) is 20.1. The highest BCUT2D eigenvalue weighted by atomic mass is 32.2. The number of furan rings is 1. The van der Waals surface area contributed by atoms with Gasteiger partial charge in [-0.15, -0.1) is 0 Å². The van der Waals surface area contributed by atoms with Gasteiger partial charge in [-0.2, -0.15) is 0 Å². The van der Waals surface area contributed by atoms with Crippen LogP contribution in [0.15, 0.2) is 94.4 Å². The molecule has 0 aliphatic rings. The number of carbonyl (C=O) groups is 1. The summed E-state index contributed by atoms with van der Waals surface area (Å²) in [5.74, 6) is 0.314. The van der Waals surface area contributed by atoms with Crippen LogP contribution >= 0.6 is 11.3 Å². The summed E-state index contributed by atoms with van der Waals surface area (Å²) in [5, 5.41) is 0.547. The standard InChI is InChI=1S/C28H25N3O4S2/c1-19-16-20(2)26-25(17-19)36-28(29-26)31(18-23-10-7-15-35-23)27(32)21-11-13-24(14-12-21)37(33,34)30(3)22-8-5-4-6-9-22/h4-17H,18H2,1-3H3. The van der Waals surface area contributed by atoms with E-state index in [1.165, 1.54) is 47.0 Å². The van der Waals surface area contributed by atoms with Gasteiger partial charge in [0.25, 0.3) is 15.9 Å². The molecule has 0 unspecified atom stereocenters. The molecule has 0 fully saturated rings. The Morgan fingerprint density at radius 2 is 1.70 bits per heavy atom. The number of fused-ring (bicyclic) bond motifs is 1. The molecule has 5 rings (SSSR count). The Morgan fingerprint density at radius 3 is 2.38 bits per heavy atom. The normalized spacial score (nSPS) is 11.5. The molecular formula is C28H25N3O4S2. The molecule has 3 aromatic carbocycles. The van der Waals surface area contributed by atoms with E-state index in [9.17, 15) is 13.2 Å². The van der Waals surface area contributed by atoms with Crippen LogP contribution in [-0.4, -0.2) is 26.4 Å². The molecule has 9 heteroatoms. The maximum atomic E-state index is 13.7. The van der Waals surface area contributed by atoms with E-state index in [0.717, 1.165) is 21.3 Å². The van der Waals surface area contributed by atoms with Gasteiger partial charge >= 0.3 is 0 Å². The van der Waals surface area contributed by atoms with Gasteiger partial charge in [0.1, 0.15) is 5.76 Å². The van der Waals surface area contributed by atoms with Gasteiger partial charge in [-0.3, -0.25) is 14.0 Å². The monoisotopic (exact) mass is 531 g/mol. The van der Waals surface area contributed by atoms with Gasteiger partial charge in [0, 0.05) is 12.6 Å². The molecule has 0 N–H and O–H groups in total. The largest absolute Gasteiger partial charge is 0.467 e. The van der Waals surface area contributed by atoms with Crippen molar-refractivity contribution < 1.29 is 17.6 Å². The van der Waals surface area contributed by atoms with E-state index in [2.05, 4.69) is 12.1 Å². The number of anilines is 2. The number of para-hydroxylation sites is 1. The van der Waals surface area contributed by atoms with Crippen molar-refractivity contribution in [2.75, 3.05) is 16.3 Å². The van der Waals surface area contributed by atoms with Gasteiger partial charge in [0.15, 0.2) is 5.13 Å². The highest BCUT2D eigenvalue weighted by Gasteiger charge is 2.25. The van der Waals surface area contributed by atoms with Gasteiger partial charge in [0.2, 0.25) is 0 Å². The fourth-order valence-electron chi connectivity index (χ4n) is 4.12. The van der Waals surface area contributed by atoms with Gasteiger partial charge in [-0.1, -0.05) is 35.6 Å². The van der Waals surface area contributed by atoms with Crippen molar-refractivity contribution in [3.05, 3.63) is 108 Å². The van der Waals surface area contributed by atoms with Gasteiger partial charge < -0.3 is 4.42 Å². The van der Waals surface area contributed by atoms with E-state index >= 15 is 0 Å². The topological polar surface area (TPSA) is 83.7 Å². The summed E-state index contributed by atoms with van der Waals surface area (Å²) in [7, 11) is -2.29. The molecule has 0 aliphatic heterocycles. The Bertz CT molecular complexity index is 1660. The van der Waals surface area contributed by atoms with E-state index in [4.69, 9.17) is 9.40 Å². The number of aryl methyl sites for hydroxylation is 2. The second kappa shape index (κ2) is 9.84. The fraction of sp³-hybridized carbons (Fsp3) is 0.143. The number of hydrogen-bond donors (Lipinski definition) is 0. The maximum absolute atomic E-state index is 13.7. The lowest BCUT2D eigenvalue weighted by molar-refractivity contribution is 0.0983. The molecule has 0 atom stereocenters. The lowest BCUT2D eigenvalue weighted by Crippen LogP contribution is -2.30. The summed E-state index contributed by atoms with van der Waals surface area (Å²) < 4.78 is 34.0. The molecule has 5 aromatic rings. The van der Waals surface area contributed by atoms with Crippen LogP contribution in [0.25, 0.3) is 10.2 Å². The number of hydrogen-bond acceptors (Lipinski definition) is 6. The Labute approximate surface area is 219 Å². The Hall–Kier alpha value is -3.95. The molecule has 0 radical (unpaired) electrons. The first-order valence-corrected chi connectivity index (χ1v) is 13.9. The van der Waals surface area contributed by atoms with Crippen LogP contribution in [0.4, 0.5) is 10.8 Å². The van der Waals surface area contributed by atoms with Crippen molar-refractivity contribution >= 4 is 48.3 Å². The Balaban J connectivity index is 1.48. The molecule has 2 aromatic heterocycles. The lowest BCUT2D eigenvalue weighted by atomic mass is 10.1. The summed E-state index contributed by atoms with van der Waals surface area (Å²) >= 11 is 1.44. The third-order valence-electron chi connectivity index (χ3n) is 6.07. The van der Waals surface area contributed by atoms with Gasteiger partial charge in [0.05, 0.1) is 33.6 Å². The van der Waals surface area contributed by atoms with Gasteiger partial charge in [-0.05, 0) is 79.6 Å². The number of thiazole rings is 1. The number of amides is 1. The Kier molecular flexibility index (Phi) is 6.57. The third-order valence-corrected chi connectivity index (χ3v) is 8.89. The Morgan fingerprint density at radius 1 is 0.973 bits per heavy atom. The van der Waals surface area contributed by atoms with Crippen LogP contribution in [0, 0.1) is 13.8 Å². The summed E-state index contributed by atoms with van der Waals surface area (Å²) in [6, 6.07) is 22.5. The first kappa shape index (κ1) is 24.7. The molecule has 0 saturated heterocycles. The van der Waals surface area contributed by atoms with Crippen LogP contribution in [0.2, 0.25) is 0 Å². The minimum atomic E-state index is -3.79. The molecule has 0 aliphatic carbocycles. The van der Waals surface area contributed by atoms with E-state index in [-0.39, 0.29) is 17.3 Å². The highest BCUT2D eigenvalue weighted by molar-refractivity contribution is 7.92. The molecule has 7 nitrogen and oxygen atoms in total. The fourth-order valence-corrected chi connectivity index (χ4v) is 6.45. The summed E-state index contributed by atoms with van der Waals surface area (Å²) in [5.41, 5.74) is 3.92. The van der Waals surface area contributed by atoms with Crippen LogP contribution in [-0.2, 0) is 16.6 Å². The first-order chi connectivity index (χ1) is 17.7. The lowest BCUT2D eigenvalue weighted by Gasteiger charge is -2.21. The molecular weight excluding hydrogens is 506 g/mol. The number of carbonyl (C=O) groups excluding carboxylic acids is 1. The molecule has 37 heavy (non-hydrogen) atoms. The number of benzene rings is 3. The van der Waals surface area contributed by atoms with Crippen LogP contribution in [0.3, 0.4) is 0 Å². The van der Waals surface area contributed by atoms with Crippen LogP contribution < -0.4 is 9.21 Å². The van der Waals surface area contributed by atoms with Gasteiger partial charge in [-0.25, -0.2) is 13.4 Å².